The highest BCUT2D eigenvalue weighted by Crippen LogP contribution is 2.21. The van der Waals surface area contributed by atoms with Gasteiger partial charge in [0.05, 0.1) is 11.3 Å². The average Bonchev–Trinajstić information content (AvgIpc) is 2.21. The van der Waals surface area contributed by atoms with E-state index in [0.717, 1.165) is 0 Å². The maximum Gasteiger partial charge on any atom is 0.335 e. The van der Waals surface area contributed by atoms with Crippen molar-refractivity contribution >= 4 is 15.8 Å². The van der Waals surface area contributed by atoms with Gasteiger partial charge >= 0.3 is 5.97 Å². The number of carbonyl (C=O) groups is 1. The first kappa shape index (κ1) is 12.6. The quantitative estimate of drug-likeness (QED) is 0.881. The second kappa shape index (κ2) is 4.17. The van der Waals surface area contributed by atoms with Crippen LogP contribution in [0.1, 0.15) is 17.3 Å². The van der Waals surface area contributed by atoms with Gasteiger partial charge in [0, 0.05) is 0 Å². The Morgan fingerprint density at radius 1 is 1.38 bits per heavy atom. The van der Waals surface area contributed by atoms with Crippen molar-refractivity contribution < 1.29 is 27.1 Å². The molecule has 0 fully saturated rings. The standard InChI is InChI=1S/C9H8F2O4S/c1-2-16(14,15)7-4-5(9(12)13)3-6(10)8(7)11/h3-4H,2H2,1H3,(H,12,13). The van der Waals surface area contributed by atoms with Gasteiger partial charge in [0.15, 0.2) is 21.5 Å². The minimum atomic E-state index is -3.99. The van der Waals surface area contributed by atoms with Crippen LogP contribution in [0.25, 0.3) is 0 Å². The number of aromatic carboxylic acids is 1. The number of rotatable bonds is 3. The summed E-state index contributed by atoms with van der Waals surface area (Å²) in [6, 6.07) is 1.05. The average molecular weight is 250 g/mol. The first-order valence-corrected chi connectivity index (χ1v) is 5.90. The fourth-order valence-electron chi connectivity index (χ4n) is 1.07. The molecule has 0 saturated heterocycles. The Morgan fingerprint density at radius 2 is 1.94 bits per heavy atom. The van der Waals surface area contributed by atoms with E-state index in [4.69, 9.17) is 5.11 Å². The maximum atomic E-state index is 13.2. The smallest absolute Gasteiger partial charge is 0.335 e. The van der Waals surface area contributed by atoms with Crippen molar-refractivity contribution in [3.8, 4) is 0 Å². The van der Waals surface area contributed by atoms with Crippen LogP contribution >= 0.6 is 0 Å². The van der Waals surface area contributed by atoms with Crippen LogP contribution in [0.5, 0.6) is 0 Å². The van der Waals surface area contributed by atoms with Crippen molar-refractivity contribution in [1.29, 1.82) is 0 Å². The molecule has 0 unspecified atom stereocenters. The molecule has 0 aromatic heterocycles. The van der Waals surface area contributed by atoms with Gasteiger partial charge in [-0.15, -0.1) is 0 Å². The monoisotopic (exact) mass is 250 g/mol. The second-order valence-corrected chi connectivity index (χ2v) is 5.23. The third-order valence-corrected chi connectivity index (χ3v) is 3.68. The van der Waals surface area contributed by atoms with Crippen LogP contribution in [-0.2, 0) is 9.84 Å². The molecule has 88 valence electrons. The second-order valence-electron chi connectivity index (χ2n) is 2.98. The number of benzene rings is 1. The zero-order chi connectivity index (χ0) is 12.5. The highest BCUT2D eigenvalue weighted by molar-refractivity contribution is 7.91. The van der Waals surface area contributed by atoms with Gasteiger partial charge in [0.25, 0.3) is 0 Å². The predicted molar refractivity (Wildman–Crippen MR) is 51.0 cm³/mol. The van der Waals surface area contributed by atoms with Crippen molar-refractivity contribution in [3.05, 3.63) is 29.3 Å². The summed E-state index contributed by atoms with van der Waals surface area (Å²) in [6.45, 7) is 1.25. The topological polar surface area (TPSA) is 71.4 Å². The van der Waals surface area contributed by atoms with E-state index in [-0.39, 0.29) is 0 Å². The van der Waals surface area contributed by atoms with E-state index in [0.29, 0.717) is 12.1 Å². The number of hydrogen-bond donors (Lipinski definition) is 1. The zero-order valence-electron chi connectivity index (χ0n) is 8.20. The molecule has 1 aromatic carbocycles. The summed E-state index contributed by atoms with van der Waals surface area (Å²) in [5.41, 5.74) is -0.606. The van der Waals surface area contributed by atoms with Gasteiger partial charge in [-0.3, -0.25) is 0 Å². The van der Waals surface area contributed by atoms with Gasteiger partial charge in [-0.05, 0) is 12.1 Å². The molecule has 0 aliphatic rings. The highest BCUT2D eigenvalue weighted by Gasteiger charge is 2.23. The van der Waals surface area contributed by atoms with Gasteiger partial charge in [-0.1, -0.05) is 6.92 Å². The van der Waals surface area contributed by atoms with E-state index < -0.39 is 43.7 Å². The Hall–Kier alpha value is -1.50. The molecule has 16 heavy (non-hydrogen) atoms. The fourth-order valence-corrected chi connectivity index (χ4v) is 2.06. The Kier molecular flexibility index (Phi) is 3.27. The molecule has 0 spiro atoms. The van der Waals surface area contributed by atoms with Crippen molar-refractivity contribution in [1.82, 2.24) is 0 Å². The predicted octanol–water partition coefficient (Wildman–Crippen LogP) is 1.46. The Labute approximate surface area is 90.4 Å². The molecule has 1 aromatic rings. The molecule has 0 amide bonds. The van der Waals surface area contributed by atoms with Crippen LogP contribution in [0.4, 0.5) is 8.78 Å². The zero-order valence-corrected chi connectivity index (χ0v) is 9.01. The van der Waals surface area contributed by atoms with E-state index >= 15 is 0 Å². The van der Waals surface area contributed by atoms with E-state index in [1.54, 1.807) is 0 Å². The van der Waals surface area contributed by atoms with Crippen LogP contribution < -0.4 is 0 Å². The van der Waals surface area contributed by atoms with E-state index in [1.807, 2.05) is 0 Å². The van der Waals surface area contributed by atoms with Crippen LogP contribution in [0.2, 0.25) is 0 Å². The molecule has 0 bridgehead atoms. The summed E-state index contributed by atoms with van der Waals surface area (Å²) < 4.78 is 48.8. The molecule has 0 aliphatic carbocycles. The van der Waals surface area contributed by atoms with Gasteiger partial charge in [-0.2, -0.15) is 0 Å². The van der Waals surface area contributed by atoms with Crippen LogP contribution in [0.3, 0.4) is 0 Å². The Morgan fingerprint density at radius 3 is 2.38 bits per heavy atom. The lowest BCUT2D eigenvalue weighted by molar-refractivity contribution is 0.0696. The summed E-state index contributed by atoms with van der Waals surface area (Å²) in [4.78, 5) is 9.62. The minimum absolute atomic E-state index is 0.437. The lowest BCUT2D eigenvalue weighted by Crippen LogP contribution is -2.10. The number of hydrogen-bond acceptors (Lipinski definition) is 3. The Bertz CT molecular complexity index is 537. The summed E-state index contributed by atoms with van der Waals surface area (Å²) in [5, 5.41) is 8.58. The molecule has 1 N–H and O–H groups in total. The van der Waals surface area contributed by atoms with Gasteiger partial charge < -0.3 is 5.11 Å². The SMILES string of the molecule is CCS(=O)(=O)c1cc(C(=O)O)cc(F)c1F. The lowest BCUT2D eigenvalue weighted by Gasteiger charge is -2.05. The highest BCUT2D eigenvalue weighted by atomic mass is 32.2. The third-order valence-electron chi connectivity index (χ3n) is 1.96. The van der Waals surface area contributed by atoms with Crippen LogP contribution in [0.15, 0.2) is 17.0 Å². The number of halogens is 2. The first-order chi connectivity index (χ1) is 7.29. The number of carboxylic acid groups (broad SMARTS) is 1. The molecule has 0 saturated carbocycles. The fraction of sp³-hybridized carbons (Fsp3) is 0.222. The van der Waals surface area contributed by atoms with Crippen LogP contribution in [-0.4, -0.2) is 25.2 Å². The Balaban J connectivity index is 3.57. The summed E-state index contributed by atoms with van der Waals surface area (Å²) in [6.07, 6.45) is 0. The molecule has 1 rings (SSSR count). The first-order valence-electron chi connectivity index (χ1n) is 4.24. The van der Waals surface area contributed by atoms with E-state index in [1.165, 1.54) is 6.92 Å². The molecule has 4 nitrogen and oxygen atoms in total. The molecular formula is C9H8F2O4S. The van der Waals surface area contributed by atoms with Crippen LogP contribution in [0, 0.1) is 11.6 Å². The number of sulfone groups is 1. The summed E-state index contributed by atoms with van der Waals surface area (Å²) in [7, 11) is -3.99. The largest absolute Gasteiger partial charge is 0.478 e. The molecule has 0 radical (unpaired) electrons. The van der Waals surface area contributed by atoms with Crippen molar-refractivity contribution in [2.24, 2.45) is 0 Å². The maximum absolute atomic E-state index is 13.2. The van der Waals surface area contributed by atoms with Crippen molar-refractivity contribution in [2.75, 3.05) is 5.75 Å². The molecular weight excluding hydrogens is 242 g/mol. The number of carboxylic acids is 1. The molecule has 0 atom stereocenters. The normalized spacial score (nSPS) is 11.4. The van der Waals surface area contributed by atoms with Gasteiger partial charge in [-0.25, -0.2) is 22.0 Å². The molecule has 0 aliphatic heterocycles. The van der Waals surface area contributed by atoms with Crippen molar-refractivity contribution in [2.45, 2.75) is 11.8 Å². The molecule has 0 heterocycles. The van der Waals surface area contributed by atoms with Crippen molar-refractivity contribution in [3.63, 3.8) is 0 Å². The van der Waals surface area contributed by atoms with Gasteiger partial charge in [0.2, 0.25) is 0 Å². The minimum Gasteiger partial charge on any atom is -0.478 e. The summed E-state index contributed by atoms with van der Waals surface area (Å²) >= 11 is 0. The van der Waals surface area contributed by atoms with E-state index in [9.17, 15) is 22.0 Å². The van der Waals surface area contributed by atoms with E-state index in [2.05, 4.69) is 0 Å². The van der Waals surface area contributed by atoms with Gasteiger partial charge in [0.1, 0.15) is 4.90 Å². The lowest BCUT2D eigenvalue weighted by atomic mass is 10.2. The molecule has 7 heteroatoms. The third kappa shape index (κ3) is 2.19. The summed E-state index contributed by atoms with van der Waals surface area (Å²) in [5.74, 6) is -5.00.